The number of benzene rings is 2. The fourth-order valence-corrected chi connectivity index (χ4v) is 7.79. The molecule has 0 aliphatic heterocycles. The van der Waals surface area contributed by atoms with Gasteiger partial charge in [0, 0.05) is 40.7 Å². The van der Waals surface area contributed by atoms with Crippen LogP contribution in [0.25, 0.3) is 22.1 Å². The molecule has 0 spiro atoms. The molecule has 7 nitrogen and oxygen atoms in total. The van der Waals surface area contributed by atoms with Crippen molar-refractivity contribution >= 4 is 39.3 Å². The molecule has 3 N–H and O–H groups in total. The van der Waals surface area contributed by atoms with Crippen LogP contribution in [-0.4, -0.2) is 25.0 Å². The molecule has 280 valence electrons. The van der Waals surface area contributed by atoms with Crippen LogP contribution in [0.15, 0.2) is 36.4 Å². The van der Waals surface area contributed by atoms with E-state index in [1.54, 1.807) is 0 Å². The summed E-state index contributed by atoms with van der Waals surface area (Å²) >= 11 is 0. The first-order chi connectivity index (χ1) is 24.2. The van der Waals surface area contributed by atoms with Crippen LogP contribution in [0.5, 0.6) is 0 Å². The lowest BCUT2D eigenvalue weighted by Crippen LogP contribution is -2.29. The van der Waals surface area contributed by atoms with Crippen molar-refractivity contribution in [1.29, 1.82) is 0 Å². The first kappa shape index (κ1) is 38.9. The molecule has 1 amide bonds. The minimum Gasteiger partial charge on any atom is -0.399 e. The number of fused-ring (bicyclic) bond motifs is 2. The van der Waals surface area contributed by atoms with E-state index in [9.17, 15) is 4.79 Å². The standard InChI is InChI=1S/C25H39N3O.C19H29N3/c1-7-24(3,4)22-27-20-16-19(26-23(29)25(5,6)8-2)14-15-21(20)28(22)17-18-12-10-9-11-13-18;1-4-19(2,3)18-21-16-12-15(20)10-11-17(16)22(18)13-14-8-6-5-7-9-14/h14-16,18H,7-13,17H2,1-6H3,(H,26,29);10-12,14H,4-9,13,20H2,1-3H3. The molecule has 2 aliphatic carbocycles. The molecule has 2 fully saturated rings. The van der Waals surface area contributed by atoms with E-state index in [0.717, 1.165) is 66.6 Å². The summed E-state index contributed by atoms with van der Waals surface area (Å²) in [6.07, 6.45) is 16.6. The lowest BCUT2D eigenvalue weighted by Gasteiger charge is -2.27. The molecule has 0 bridgehead atoms. The van der Waals surface area contributed by atoms with Crippen molar-refractivity contribution in [3.8, 4) is 0 Å². The van der Waals surface area contributed by atoms with Crippen LogP contribution in [0.1, 0.15) is 157 Å². The van der Waals surface area contributed by atoms with Gasteiger partial charge in [-0.25, -0.2) is 9.97 Å². The number of amides is 1. The van der Waals surface area contributed by atoms with Crippen molar-refractivity contribution < 1.29 is 4.79 Å². The monoisotopic (exact) mass is 697 g/mol. The number of nitrogens with two attached hydrogens (primary N) is 1. The van der Waals surface area contributed by atoms with Gasteiger partial charge in [0.05, 0.1) is 22.1 Å². The SMILES string of the molecule is CCC(C)(C)C(=O)Nc1ccc2c(c1)nc(C(C)(C)CC)n2CC1CCCCC1.CCC(C)(C)c1nc2cc(N)ccc2n1CC1CCCCC1. The van der Waals surface area contributed by atoms with Crippen molar-refractivity contribution in [3.63, 3.8) is 0 Å². The number of hydrogen-bond donors (Lipinski definition) is 2. The van der Waals surface area contributed by atoms with E-state index < -0.39 is 0 Å². The number of imidazole rings is 2. The van der Waals surface area contributed by atoms with Crippen molar-refractivity contribution in [2.75, 3.05) is 11.1 Å². The molecule has 7 heteroatoms. The van der Waals surface area contributed by atoms with Crippen LogP contribution in [0.3, 0.4) is 0 Å². The topological polar surface area (TPSA) is 90.8 Å². The molecule has 0 atom stereocenters. The van der Waals surface area contributed by atoms with Gasteiger partial charge in [-0.2, -0.15) is 0 Å². The maximum absolute atomic E-state index is 12.6. The van der Waals surface area contributed by atoms with Crippen LogP contribution >= 0.6 is 0 Å². The predicted octanol–water partition coefficient (Wildman–Crippen LogP) is 11.6. The molecule has 4 aromatic rings. The van der Waals surface area contributed by atoms with Crippen molar-refractivity contribution in [3.05, 3.63) is 48.0 Å². The van der Waals surface area contributed by atoms with Gasteiger partial charge in [-0.05, 0) is 93.2 Å². The highest BCUT2D eigenvalue weighted by Crippen LogP contribution is 2.35. The fraction of sp³-hybridized carbons (Fsp3) is 0.659. The summed E-state index contributed by atoms with van der Waals surface area (Å²) in [5.41, 5.74) is 11.8. The van der Waals surface area contributed by atoms with E-state index in [0.29, 0.717) is 0 Å². The summed E-state index contributed by atoms with van der Waals surface area (Å²) < 4.78 is 4.95. The Kier molecular flexibility index (Phi) is 12.3. The van der Waals surface area contributed by atoms with Crippen LogP contribution in [0.2, 0.25) is 0 Å². The van der Waals surface area contributed by atoms with Crippen LogP contribution < -0.4 is 11.1 Å². The number of nitrogens with zero attached hydrogens (tertiary/aromatic N) is 4. The van der Waals surface area contributed by atoms with E-state index in [1.807, 2.05) is 38.1 Å². The second-order valence-corrected chi connectivity index (χ2v) is 17.7. The van der Waals surface area contributed by atoms with Gasteiger partial charge >= 0.3 is 0 Å². The van der Waals surface area contributed by atoms with Crippen LogP contribution in [0, 0.1) is 17.3 Å². The highest BCUT2D eigenvalue weighted by Gasteiger charge is 2.30. The maximum atomic E-state index is 12.6. The lowest BCUT2D eigenvalue weighted by molar-refractivity contribution is -0.124. The van der Waals surface area contributed by atoms with Gasteiger partial charge < -0.3 is 20.2 Å². The third kappa shape index (κ3) is 9.00. The Hall–Kier alpha value is -3.35. The number of anilines is 2. The third-order valence-corrected chi connectivity index (χ3v) is 12.6. The van der Waals surface area contributed by atoms with Gasteiger partial charge in [0.15, 0.2) is 0 Å². The average molecular weight is 697 g/mol. The summed E-state index contributed by atoms with van der Waals surface area (Å²) in [5, 5.41) is 3.10. The average Bonchev–Trinajstić information content (AvgIpc) is 3.67. The van der Waals surface area contributed by atoms with E-state index in [2.05, 4.69) is 75.0 Å². The molecule has 0 radical (unpaired) electrons. The summed E-state index contributed by atoms with van der Waals surface area (Å²) in [7, 11) is 0. The Labute approximate surface area is 308 Å². The van der Waals surface area contributed by atoms with Gasteiger partial charge in [0.2, 0.25) is 5.91 Å². The van der Waals surface area contributed by atoms with Crippen LogP contribution in [0.4, 0.5) is 11.4 Å². The van der Waals surface area contributed by atoms with E-state index in [4.69, 9.17) is 15.7 Å². The summed E-state index contributed by atoms with van der Waals surface area (Å²) in [6, 6.07) is 12.4. The van der Waals surface area contributed by atoms with Gasteiger partial charge in [-0.15, -0.1) is 0 Å². The number of rotatable bonds is 11. The molecule has 51 heavy (non-hydrogen) atoms. The normalized spacial score (nSPS) is 16.7. The van der Waals surface area contributed by atoms with Gasteiger partial charge in [-0.3, -0.25) is 4.79 Å². The van der Waals surface area contributed by atoms with Gasteiger partial charge in [-0.1, -0.05) is 101 Å². The quantitative estimate of drug-likeness (QED) is 0.153. The lowest BCUT2D eigenvalue weighted by atomic mass is 9.87. The Morgan fingerprint density at radius 1 is 0.686 bits per heavy atom. The summed E-state index contributed by atoms with van der Waals surface area (Å²) in [6.45, 7) is 21.9. The minimum atomic E-state index is -0.370. The predicted molar refractivity (Wildman–Crippen MR) is 216 cm³/mol. The smallest absolute Gasteiger partial charge is 0.230 e. The van der Waals surface area contributed by atoms with Crippen molar-refractivity contribution in [2.24, 2.45) is 17.3 Å². The molecule has 6 rings (SSSR count). The first-order valence-electron chi connectivity index (χ1n) is 20.3. The Balaban J connectivity index is 0.000000205. The molecule has 0 unspecified atom stereocenters. The number of carbonyl (C=O) groups excluding carboxylic acids is 1. The molecule has 2 aromatic carbocycles. The van der Waals surface area contributed by atoms with E-state index in [-0.39, 0.29) is 22.2 Å². The van der Waals surface area contributed by atoms with Crippen LogP contribution in [-0.2, 0) is 28.7 Å². The number of hydrogen-bond acceptors (Lipinski definition) is 4. The highest BCUT2D eigenvalue weighted by molar-refractivity contribution is 5.96. The zero-order valence-electron chi connectivity index (χ0n) is 33.5. The summed E-state index contributed by atoms with van der Waals surface area (Å²) in [5.74, 6) is 4.02. The molecule has 2 aliphatic rings. The Morgan fingerprint density at radius 2 is 1.14 bits per heavy atom. The molecule has 0 saturated heterocycles. The maximum Gasteiger partial charge on any atom is 0.230 e. The number of nitrogen functional groups attached to an aromatic ring is 1. The molecule has 2 heterocycles. The van der Waals surface area contributed by atoms with E-state index in [1.165, 1.54) is 86.9 Å². The second-order valence-electron chi connectivity index (χ2n) is 17.7. The highest BCUT2D eigenvalue weighted by atomic mass is 16.2. The number of carbonyl (C=O) groups is 1. The first-order valence-corrected chi connectivity index (χ1v) is 20.3. The third-order valence-electron chi connectivity index (χ3n) is 12.6. The molecular weight excluding hydrogens is 629 g/mol. The molecule has 2 saturated carbocycles. The number of aromatic nitrogens is 4. The van der Waals surface area contributed by atoms with Crippen molar-refractivity contribution in [1.82, 2.24) is 19.1 Å². The summed E-state index contributed by atoms with van der Waals surface area (Å²) in [4.78, 5) is 22.7. The zero-order valence-corrected chi connectivity index (χ0v) is 33.5. The van der Waals surface area contributed by atoms with Crippen molar-refractivity contribution in [2.45, 2.75) is 170 Å². The fourth-order valence-electron chi connectivity index (χ4n) is 7.79. The largest absolute Gasteiger partial charge is 0.399 e. The van der Waals surface area contributed by atoms with E-state index >= 15 is 0 Å². The zero-order chi connectivity index (χ0) is 37.0. The Morgan fingerprint density at radius 3 is 1.59 bits per heavy atom. The Bertz CT molecular complexity index is 1760. The number of nitrogens with one attached hydrogen (secondary N) is 1. The second kappa shape index (κ2) is 16.1. The molecular formula is C44H68N6O. The minimum absolute atomic E-state index is 0.0291. The molecule has 2 aromatic heterocycles. The van der Waals surface area contributed by atoms with Gasteiger partial charge in [0.25, 0.3) is 0 Å². The van der Waals surface area contributed by atoms with Gasteiger partial charge in [0.1, 0.15) is 11.6 Å².